The molecule has 0 bridgehead atoms. The van der Waals surface area contributed by atoms with E-state index in [9.17, 15) is 9.00 Å². The number of aromatic nitrogens is 1. The Labute approximate surface area is 203 Å². The number of thiazole rings is 1. The molecule has 0 aliphatic heterocycles. The number of carbonyl (C=O) groups excluding carboxylic acids is 1. The van der Waals surface area contributed by atoms with Crippen LogP contribution in [0, 0.1) is 13.8 Å². The summed E-state index contributed by atoms with van der Waals surface area (Å²) in [6, 6.07) is 16.2. The van der Waals surface area contributed by atoms with Crippen LogP contribution in [0.1, 0.15) is 71.8 Å². The summed E-state index contributed by atoms with van der Waals surface area (Å²) in [5.41, 5.74) is 4.29. The molecule has 174 valence electrons. The maximum Gasteiger partial charge on any atom is 0.150 e. The Morgan fingerprint density at radius 2 is 1.82 bits per heavy atom. The van der Waals surface area contributed by atoms with Crippen molar-refractivity contribution < 1.29 is 9.00 Å². The molecule has 0 amide bonds. The number of hydrogen-bond donors (Lipinski definition) is 1. The van der Waals surface area contributed by atoms with Crippen LogP contribution in [0.15, 0.2) is 54.7 Å². The maximum absolute atomic E-state index is 13.4. The summed E-state index contributed by atoms with van der Waals surface area (Å²) in [5.74, 6) is 0.245. The second-order valence-electron chi connectivity index (χ2n) is 9.98. The van der Waals surface area contributed by atoms with Crippen LogP contribution in [0.3, 0.4) is 0 Å². The second-order valence-corrected chi connectivity index (χ2v) is 13.1. The number of hydrogen-bond acceptors (Lipinski definition) is 4. The summed E-state index contributed by atoms with van der Waals surface area (Å²) in [6.45, 7) is 10.1. The van der Waals surface area contributed by atoms with Crippen molar-refractivity contribution in [2.75, 3.05) is 0 Å². The number of ketones is 1. The highest BCUT2D eigenvalue weighted by Crippen LogP contribution is 2.50. The van der Waals surface area contributed by atoms with Crippen LogP contribution in [0.4, 0.5) is 0 Å². The van der Waals surface area contributed by atoms with E-state index in [-0.39, 0.29) is 22.0 Å². The average Bonchev–Trinajstić information content (AvgIpc) is 3.47. The van der Waals surface area contributed by atoms with E-state index >= 15 is 0 Å². The summed E-state index contributed by atoms with van der Waals surface area (Å²) in [7, 11) is -1.24. The maximum atomic E-state index is 13.4. The molecule has 4 rings (SSSR count). The Bertz CT molecular complexity index is 1170. The molecule has 2 atom stereocenters. The molecule has 1 heterocycles. The number of Topliss-reactive ketones (excluding diaryl/α,β-unsaturated/α-hetero) is 1. The van der Waals surface area contributed by atoms with E-state index in [0.29, 0.717) is 6.42 Å². The van der Waals surface area contributed by atoms with Gasteiger partial charge >= 0.3 is 0 Å². The molecule has 1 fully saturated rings. The molecule has 1 aromatic heterocycles. The van der Waals surface area contributed by atoms with E-state index in [4.69, 9.17) is 0 Å². The fraction of sp³-hybridized carbons (Fsp3) is 0.407. The number of rotatable bonds is 8. The zero-order chi connectivity index (χ0) is 23.8. The summed E-state index contributed by atoms with van der Waals surface area (Å²) >= 11 is 1.53. The predicted molar refractivity (Wildman–Crippen MR) is 137 cm³/mol. The predicted octanol–water partition coefficient (Wildman–Crippen LogP) is 5.74. The third-order valence-corrected chi connectivity index (χ3v) is 9.05. The summed E-state index contributed by atoms with van der Waals surface area (Å²) in [4.78, 5) is 18.9. The number of carbonyl (C=O) groups is 1. The zero-order valence-electron chi connectivity index (χ0n) is 20.0. The molecule has 1 saturated carbocycles. The minimum atomic E-state index is -1.24. The molecule has 2 aromatic carbocycles. The summed E-state index contributed by atoms with van der Waals surface area (Å²) < 4.78 is 15.8. The Morgan fingerprint density at radius 3 is 2.42 bits per heavy atom. The van der Waals surface area contributed by atoms with Gasteiger partial charge in [0.05, 0.1) is 33.6 Å². The van der Waals surface area contributed by atoms with E-state index in [0.717, 1.165) is 33.9 Å². The number of benzene rings is 2. The molecule has 0 radical (unpaired) electrons. The summed E-state index contributed by atoms with van der Waals surface area (Å²) in [6.07, 6.45) is 3.98. The van der Waals surface area contributed by atoms with Gasteiger partial charge in [-0.3, -0.25) is 4.79 Å². The quantitative estimate of drug-likeness (QED) is 0.447. The monoisotopic (exact) mass is 480 g/mol. The molecular formula is C27H32N2O2S2. The fourth-order valence-electron chi connectivity index (χ4n) is 3.96. The van der Waals surface area contributed by atoms with Gasteiger partial charge in [0.2, 0.25) is 0 Å². The standard InChI is InChI=1S/C27H32N2O2S2/c1-18-11-12-21(15-19(18)2)27(13-14-27)23(30)16-24-28-17-22(32-24)25(20-9-7-6-8-10-20)29-33(31)26(3,4)5/h6-12,15,17,25,29H,13-14,16H2,1-5H3/t25-,33+/m1/s1. The van der Waals surface area contributed by atoms with E-state index < -0.39 is 11.0 Å². The van der Waals surface area contributed by atoms with Gasteiger partial charge in [-0.25, -0.2) is 13.9 Å². The van der Waals surface area contributed by atoms with Gasteiger partial charge in [-0.15, -0.1) is 11.3 Å². The van der Waals surface area contributed by atoms with Gasteiger partial charge in [0.1, 0.15) is 10.8 Å². The number of aryl methyl sites for hydroxylation is 2. The molecule has 1 N–H and O–H groups in total. The van der Waals surface area contributed by atoms with Gasteiger partial charge in [-0.05, 0) is 69.7 Å². The van der Waals surface area contributed by atoms with Gasteiger partial charge < -0.3 is 0 Å². The van der Waals surface area contributed by atoms with Crippen molar-refractivity contribution >= 4 is 28.1 Å². The molecule has 0 spiro atoms. The van der Waals surface area contributed by atoms with Crippen LogP contribution in [0.2, 0.25) is 0 Å². The highest BCUT2D eigenvalue weighted by atomic mass is 32.2. The molecule has 33 heavy (non-hydrogen) atoms. The normalized spacial score (nSPS) is 16.9. The van der Waals surface area contributed by atoms with Gasteiger partial charge in [0.15, 0.2) is 0 Å². The van der Waals surface area contributed by atoms with E-state index in [1.165, 1.54) is 22.5 Å². The first kappa shape index (κ1) is 24.0. The smallest absolute Gasteiger partial charge is 0.150 e. The molecular weight excluding hydrogens is 448 g/mol. The molecule has 0 unspecified atom stereocenters. The first-order valence-electron chi connectivity index (χ1n) is 11.4. The van der Waals surface area contributed by atoms with Crippen LogP contribution in [0.5, 0.6) is 0 Å². The lowest BCUT2D eigenvalue weighted by atomic mass is 9.88. The topological polar surface area (TPSA) is 59.1 Å². The van der Waals surface area contributed by atoms with Crippen molar-refractivity contribution in [1.29, 1.82) is 0 Å². The molecule has 3 aromatic rings. The van der Waals surface area contributed by atoms with Gasteiger partial charge in [0, 0.05) is 11.1 Å². The molecule has 1 aliphatic rings. The van der Waals surface area contributed by atoms with E-state index in [2.05, 4.69) is 41.8 Å². The van der Waals surface area contributed by atoms with Crippen LogP contribution in [-0.4, -0.2) is 19.7 Å². The molecule has 1 aliphatic carbocycles. The highest BCUT2D eigenvalue weighted by Gasteiger charge is 2.50. The molecule has 6 heteroatoms. The Balaban J connectivity index is 1.56. The SMILES string of the molecule is Cc1ccc(C2(C(=O)Cc3ncc([C@H](N[S@@](=O)C(C)(C)C)c4ccccc4)s3)CC2)cc1C. The van der Waals surface area contributed by atoms with Gasteiger partial charge in [0.25, 0.3) is 0 Å². The first-order valence-corrected chi connectivity index (χ1v) is 13.4. The van der Waals surface area contributed by atoms with Crippen LogP contribution in [0.25, 0.3) is 0 Å². The largest absolute Gasteiger partial charge is 0.298 e. The molecule has 4 nitrogen and oxygen atoms in total. The van der Waals surface area contributed by atoms with Crippen molar-refractivity contribution in [3.63, 3.8) is 0 Å². The minimum absolute atomic E-state index is 0.234. The van der Waals surface area contributed by atoms with Crippen LogP contribution >= 0.6 is 11.3 Å². The van der Waals surface area contributed by atoms with Gasteiger partial charge in [-0.2, -0.15) is 0 Å². The first-order chi connectivity index (χ1) is 15.6. The third-order valence-electron chi connectivity index (χ3n) is 6.42. The van der Waals surface area contributed by atoms with Crippen molar-refractivity contribution in [2.24, 2.45) is 0 Å². The van der Waals surface area contributed by atoms with Crippen molar-refractivity contribution in [1.82, 2.24) is 9.71 Å². The van der Waals surface area contributed by atoms with Crippen molar-refractivity contribution in [3.05, 3.63) is 86.9 Å². The fourth-order valence-corrected chi connectivity index (χ4v) is 5.86. The Hall–Kier alpha value is -2.15. The highest BCUT2D eigenvalue weighted by molar-refractivity contribution is 7.84. The lowest BCUT2D eigenvalue weighted by Crippen LogP contribution is -2.35. The lowest BCUT2D eigenvalue weighted by Gasteiger charge is -2.23. The minimum Gasteiger partial charge on any atom is -0.298 e. The van der Waals surface area contributed by atoms with Crippen LogP contribution in [-0.2, 0) is 27.6 Å². The number of nitrogens with one attached hydrogen (secondary N) is 1. The van der Waals surface area contributed by atoms with Crippen molar-refractivity contribution in [3.8, 4) is 0 Å². The van der Waals surface area contributed by atoms with Gasteiger partial charge in [-0.1, -0.05) is 48.5 Å². The Kier molecular flexibility index (Phi) is 6.72. The van der Waals surface area contributed by atoms with Crippen LogP contribution < -0.4 is 4.72 Å². The van der Waals surface area contributed by atoms with Crippen molar-refractivity contribution in [2.45, 2.75) is 70.1 Å². The molecule has 0 saturated heterocycles. The lowest BCUT2D eigenvalue weighted by molar-refractivity contribution is -0.120. The zero-order valence-corrected chi connectivity index (χ0v) is 21.6. The summed E-state index contributed by atoms with van der Waals surface area (Å²) in [5, 5.41) is 0.814. The second kappa shape index (κ2) is 9.24. The third kappa shape index (κ3) is 5.18. The number of nitrogens with zero attached hydrogens (tertiary/aromatic N) is 1. The van der Waals surface area contributed by atoms with E-state index in [1.54, 1.807) is 0 Å². The average molecular weight is 481 g/mol. The Morgan fingerprint density at radius 1 is 1.12 bits per heavy atom. The van der Waals surface area contributed by atoms with E-state index in [1.807, 2.05) is 57.3 Å².